The predicted octanol–water partition coefficient (Wildman–Crippen LogP) is 1.53. The zero-order valence-corrected chi connectivity index (χ0v) is 17.7. The highest BCUT2D eigenvalue weighted by Gasteiger charge is 2.12. The largest absolute Gasteiger partial charge is 0.483 e. The van der Waals surface area contributed by atoms with Crippen LogP contribution in [0.15, 0.2) is 47.6 Å². The topological polar surface area (TPSA) is 118 Å². The van der Waals surface area contributed by atoms with E-state index in [2.05, 4.69) is 21.2 Å². The second kappa shape index (κ2) is 12.1. The van der Waals surface area contributed by atoms with Crippen molar-refractivity contribution < 1.29 is 23.9 Å². The number of ether oxygens (including phenoxy) is 2. The van der Waals surface area contributed by atoms with Gasteiger partial charge in [-0.3, -0.25) is 14.4 Å². The van der Waals surface area contributed by atoms with Crippen LogP contribution < -0.4 is 20.8 Å². The van der Waals surface area contributed by atoms with Crippen molar-refractivity contribution in [1.82, 2.24) is 10.7 Å². The molecule has 0 spiro atoms. The lowest BCUT2D eigenvalue weighted by Crippen LogP contribution is -2.39. The molecule has 3 amide bonds. The molecule has 9 nitrogen and oxygen atoms in total. The number of nitrogens with one attached hydrogen (secondary N) is 3. The van der Waals surface area contributed by atoms with Crippen molar-refractivity contribution in [2.45, 2.75) is 13.8 Å². The maximum absolute atomic E-state index is 12.3. The molecule has 0 aromatic heterocycles. The molecular formula is C22H26N4O5. The Kier molecular flexibility index (Phi) is 9.18. The number of aryl methyl sites for hydroxylation is 2. The van der Waals surface area contributed by atoms with Gasteiger partial charge in [0.2, 0.25) is 0 Å². The average Bonchev–Trinajstić information content (AvgIpc) is 2.75. The van der Waals surface area contributed by atoms with Crippen molar-refractivity contribution in [2.24, 2.45) is 5.10 Å². The molecule has 164 valence electrons. The van der Waals surface area contributed by atoms with Gasteiger partial charge in [-0.25, -0.2) is 5.43 Å². The summed E-state index contributed by atoms with van der Waals surface area (Å²) in [4.78, 5) is 35.6. The summed E-state index contributed by atoms with van der Waals surface area (Å²) in [5, 5.41) is 9.01. The van der Waals surface area contributed by atoms with Crippen LogP contribution in [0.2, 0.25) is 0 Å². The molecule has 0 bridgehead atoms. The van der Waals surface area contributed by atoms with Crippen LogP contribution in [0.4, 0.5) is 5.69 Å². The third-order valence-corrected chi connectivity index (χ3v) is 4.19. The molecule has 0 saturated carbocycles. The number of carbonyl (C=O) groups is 3. The number of methoxy groups -OCH3 is 1. The second-order valence-electron chi connectivity index (χ2n) is 6.59. The molecule has 2 rings (SSSR count). The molecule has 0 aliphatic heterocycles. The summed E-state index contributed by atoms with van der Waals surface area (Å²) in [7, 11) is 1.49. The summed E-state index contributed by atoms with van der Waals surface area (Å²) in [6, 6.07) is 12.6. The van der Waals surface area contributed by atoms with E-state index in [4.69, 9.17) is 9.47 Å². The Morgan fingerprint density at radius 2 is 1.71 bits per heavy atom. The number of nitrogens with zero attached hydrogens (tertiary/aromatic N) is 1. The molecule has 31 heavy (non-hydrogen) atoms. The Hall–Kier alpha value is -3.72. The van der Waals surface area contributed by atoms with E-state index in [1.165, 1.54) is 13.3 Å². The van der Waals surface area contributed by atoms with Gasteiger partial charge in [0.15, 0.2) is 6.61 Å². The molecule has 9 heteroatoms. The third kappa shape index (κ3) is 7.56. The third-order valence-electron chi connectivity index (χ3n) is 4.19. The fourth-order valence-electron chi connectivity index (χ4n) is 2.61. The lowest BCUT2D eigenvalue weighted by molar-refractivity contribution is -0.139. The molecule has 0 unspecified atom stereocenters. The Morgan fingerprint density at radius 3 is 2.42 bits per heavy atom. The fraction of sp³-hybridized carbons (Fsp3) is 0.273. The summed E-state index contributed by atoms with van der Waals surface area (Å²) in [6.45, 7) is 4.15. The Balaban J connectivity index is 1.91. The van der Waals surface area contributed by atoms with Gasteiger partial charge in [0, 0.05) is 24.9 Å². The fourth-order valence-corrected chi connectivity index (χ4v) is 2.61. The highest BCUT2D eigenvalue weighted by atomic mass is 16.5. The van der Waals surface area contributed by atoms with Crippen molar-refractivity contribution in [3.8, 4) is 5.75 Å². The second-order valence-corrected chi connectivity index (χ2v) is 6.59. The lowest BCUT2D eigenvalue weighted by atomic mass is 10.1. The molecule has 0 radical (unpaired) electrons. The van der Waals surface area contributed by atoms with E-state index in [-0.39, 0.29) is 19.1 Å². The van der Waals surface area contributed by atoms with Crippen LogP contribution in [0.25, 0.3) is 0 Å². The normalized spacial score (nSPS) is 10.5. The number of rotatable bonds is 9. The number of hydrazone groups is 1. The summed E-state index contributed by atoms with van der Waals surface area (Å²) in [6.07, 6.45) is 1.33. The van der Waals surface area contributed by atoms with Gasteiger partial charge in [0.05, 0.1) is 12.8 Å². The number of carbonyl (C=O) groups excluding carboxylic acids is 3. The highest BCUT2D eigenvalue weighted by Crippen LogP contribution is 2.20. The van der Waals surface area contributed by atoms with Crippen LogP contribution in [0.1, 0.15) is 16.7 Å². The number of hydrogen-bond donors (Lipinski definition) is 3. The Bertz CT molecular complexity index is 938. The SMILES string of the molecule is COCCNC(=O)C(=O)N/N=C\c1ccccc1OCC(=O)Nc1c(C)cccc1C. The van der Waals surface area contributed by atoms with Gasteiger partial charge >= 0.3 is 11.8 Å². The Labute approximate surface area is 180 Å². The average molecular weight is 426 g/mol. The van der Waals surface area contributed by atoms with Gasteiger partial charge in [-0.2, -0.15) is 5.10 Å². The summed E-state index contributed by atoms with van der Waals surface area (Å²) in [5.74, 6) is -1.62. The maximum Gasteiger partial charge on any atom is 0.329 e. The van der Waals surface area contributed by atoms with E-state index in [9.17, 15) is 14.4 Å². The number of anilines is 1. The minimum Gasteiger partial charge on any atom is -0.483 e. The highest BCUT2D eigenvalue weighted by molar-refractivity contribution is 6.35. The number of para-hydroxylation sites is 2. The quantitative estimate of drug-likeness (QED) is 0.243. The van der Waals surface area contributed by atoms with Crippen LogP contribution in [0, 0.1) is 13.8 Å². The molecular weight excluding hydrogens is 400 g/mol. The van der Waals surface area contributed by atoms with Crippen LogP contribution >= 0.6 is 0 Å². The lowest BCUT2D eigenvalue weighted by Gasteiger charge is -2.13. The van der Waals surface area contributed by atoms with Gasteiger partial charge in [0.1, 0.15) is 5.75 Å². The predicted molar refractivity (Wildman–Crippen MR) is 117 cm³/mol. The molecule has 3 N–H and O–H groups in total. The molecule has 0 heterocycles. The van der Waals surface area contributed by atoms with E-state index in [0.29, 0.717) is 17.9 Å². The maximum atomic E-state index is 12.3. The van der Waals surface area contributed by atoms with Crippen LogP contribution in [0.3, 0.4) is 0 Å². The van der Waals surface area contributed by atoms with Crippen molar-refractivity contribution >= 4 is 29.6 Å². The minimum absolute atomic E-state index is 0.201. The standard InChI is InChI=1S/C22H26N4O5/c1-15-7-6-8-16(2)20(15)25-19(27)14-31-18-10-5-4-9-17(18)13-24-26-22(29)21(28)23-11-12-30-3/h4-10,13H,11-12,14H2,1-3H3,(H,23,28)(H,25,27)(H,26,29)/b24-13-. The van der Waals surface area contributed by atoms with Gasteiger partial charge in [-0.05, 0) is 37.1 Å². The van der Waals surface area contributed by atoms with E-state index in [1.54, 1.807) is 24.3 Å². The number of amides is 3. The van der Waals surface area contributed by atoms with Gasteiger partial charge < -0.3 is 20.1 Å². The van der Waals surface area contributed by atoms with Crippen LogP contribution in [-0.4, -0.2) is 50.8 Å². The van der Waals surface area contributed by atoms with Crippen molar-refractivity contribution in [2.75, 3.05) is 32.2 Å². The zero-order valence-electron chi connectivity index (χ0n) is 17.7. The van der Waals surface area contributed by atoms with Gasteiger partial charge in [0.25, 0.3) is 5.91 Å². The van der Waals surface area contributed by atoms with E-state index in [1.807, 2.05) is 32.0 Å². The molecule has 0 atom stereocenters. The Morgan fingerprint density at radius 1 is 1.00 bits per heavy atom. The first kappa shape index (κ1) is 23.6. The van der Waals surface area contributed by atoms with Crippen LogP contribution in [0.5, 0.6) is 5.75 Å². The summed E-state index contributed by atoms with van der Waals surface area (Å²) >= 11 is 0. The first-order chi connectivity index (χ1) is 14.9. The molecule has 0 aliphatic carbocycles. The van der Waals surface area contributed by atoms with Crippen molar-refractivity contribution in [3.05, 3.63) is 59.2 Å². The molecule has 2 aromatic carbocycles. The first-order valence-electron chi connectivity index (χ1n) is 9.60. The molecule has 0 aliphatic rings. The van der Waals surface area contributed by atoms with Gasteiger partial charge in [-0.15, -0.1) is 0 Å². The smallest absolute Gasteiger partial charge is 0.329 e. The molecule has 0 saturated heterocycles. The molecule has 0 fully saturated rings. The van der Waals surface area contributed by atoms with E-state index in [0.717, 1.165) is 16.8 Å². The van der Waals surface area contributed by atoms with Crippen LogP contribution in [-0.2, 0) is 19.1 Å². The summed E-state index contributed by atoms with van der Waals surface area (Å²) in [5.41, 5.74) is 5.35. The van der Waals surface area contributed by atoms with Crippen molar-refractivity contribution in [1.29, 1.82) is 0 Å². The van der Waals surface area contributed by atoms with Gasteiger partial charge in [-0.1, -0.05) is 30.3 Å². The minimum atomic E-state index is -0.904. The van der Waals surface area contributed by atoms with E-state index < -0.39 is 11.8 Å². The monoisotopic (exact) mass is 426 g/mol. The zero-order chi connectivity index (χ0) is 22.6. The molecule has 2 aromatic rings. The summed E-state index contributed by atoms with van der Waals surface area (Å²) < 4.78 is 10.4. The van der Waals surface area contributed by atoms with Crippen molar-refractivity contribution in [3.63, 3.8) is 0 Å². The van der Waals surface area contributed by atoms with E-state index >= 15 is 0 Å². The first-order valence-corrected chi connectivity index (χ1v) is 9.60. The number of benzene rings is 2. The number of hydrogen-bond acceptors (Lipinski definition) is 6.